The second-order valence-corrected chi connectivity index (χ2v) is 10.4. The molecule has 2 heterocycles. The van der Waals surface area contributed by atoms with Gasteiger partial charge >= 0.3 is 17.1 Å². The maximum atomic E-state index is 10.5. The summed E-state index contributed by atoms with van der Waals surface area (Å²) in [6, 6.07) is 20.1. The van der Waals surface area contributed by atoms with Crippen molar-refractivity contribution in [2.45, 2.75) is 13.2 Å². The zero-order chi connectivity index (χ0) is 26.7. The van der Waals surface area contributed by atoms with E-state index in [1.807, 2.05) is 12.1 Å². The number of aliphatic hydroxyl groups excluding tert-OH is 2. The summed E-state index contributed by atoms with van der Waals surface area (Å²) in [5.41, 5.74) is 2.95. The molecule has 0 amide bonds. The molecule has 0 saturated carbocycles. The van der Waals surface area contributed by atoms with Gasteiger partial charge in [-0.15, -0.1) is 0 Å². The smallest absolute Gasteiger partial charge is 0.423 e. The first kappa shape index (κ1) is 29.3. The summed E-state index contributed by atoms with van der Waals surface area (Å²) in [6.45, 7) is -0.0212. The van der Waals surface area contributed by atoms with E-state index < -0.39 is 17.0 Å². The van der Waals surface area contributed by atoms with Crippen molar-refractivity contribution in [3.8, 4) is 10.4 Å². The predicted molar refractivity (Wildman–Crippen MR) is 143 cm³/mol. The minimum absolute atomic E-state index is 0.00483. The summed E-state index contributed by atoms with van der Waals surface area (Å²) in [5.74, 6) is 0. The molecule has 4 aromatic rings. The summed E-state index contributed by atoms with van der Waals surface area (Å²) in [5, 5.41) is 55.7. The van der Waals surface area contributed by atoms with Crippen LogP contribution in [0, 0.1) is 20.2 Å². The Balaban J connectivity index is 0.000000200. The van der Waals surface area contributed by atoms with Crippen LogP contribution in [-0.4, -0.2) is 37.2 Å². The van der Waals surface area contributed by atoms with Crippen molar-refractivity contribution in [2.24, 2.45) is 0 Å². The van der Waals surface area contributed by atoms with Crippen LogP contribution in [0.4, 0.5) is 10.0 Å². The van der Waals surface area contributed by atoms with Crippen molar-refractivity contribution >= 4 is 61.2 Å². The normalized spacial score (nSPS) is 9.92. The average molecular weight is 595 g/mol. The fourth-order valence-corrected chi connectivity index (χ4v) is 4.56. The van der Waals surface area contributed by atoms with Crippen molar-refractivity contribution in [2.75, 3.05) is 0 Å². The molecule has 0 aliphatic heterocycles. The van der Waals surface area contributed by atoms with Crippen molar-refractivity contribution in [3.63, 3.8) is 0 Å². The third-order valence-corrected chi connectivity index (χ3v) is 7.05. The number of rotatable bonds is 6. The lowest BCUT2D eigenvalue weighted by Crippen LogP contribution is -2.29. The van der Waals surface area contributed by atoms with Gasteiger partial charge in [0.25, 0.3) is 0 Å². The van der Waals surface area contributed by atoms with Gasteiger partial charge in [-0.05, 0) is 50.2 Å². The molecule has 0 saturated heterocycles. The number of aliphatic hydroxyl groups is 2. The van der Waals surface area contributed by atoms with Crippen LogP contribution in [0.2, 0.25) is 0 Å². The second kappa shape index (κ2) is 14.6. The molecule has 0 aliphatic rings. The van der Waals surface area contributed by atoms with Gasteiger partial charge in [-0.3, -0.25) is 20.2 Å². The molecule has 188 valence electrons. The molecule has 10 nitrogen and oxygen atoms in total. The first-order valence-corrected chi connectivity index (χ1v) is 12.5. The molecular formula is C22H20BBrN2O8S2. The van der Waals surface area contributed by atoms with E-state index in [0.717, 1.165) is 48.0 Å². The van der Waals surface area contributed by atoms with Gasteiger partial charge in [-0.2, -0.15) is 0 Å². The number of nitro groups is 2. The third kappa shape index (κ3) is 9.24. The minimum Gasteiger partial charge on any atom is -0.423 e. The molecule has 0 radical (unpaired) electrons. The molecule has 4 rings (SSSR count). The van der Waals surface area contributed by atoms with Gasteiger partial charge in [0.1, 0.15) is 0 Å². The van der Waals surface area contributed by atoms with E-state index >= 15 is 0 Å². The minimum atomic E-state index is -1.43. The number of hydrogen-bond acceptors (Lipinski definition) is 10. The standard InChI is InChI=1S/C11H9NO3S.C7H9BO3.C4H2BrNO2S/c13-7-8-1-3-9(4-2-8)10-5-6-11(16-10)12(14)15;9-5-6-1-3-7(4-2-6)8(10)11;5-3-1-2-4(9-3)6(7)8/h1-6,13H,7H2;1-4,9-11H,5H2;1-2H. The highest BCUT2D eigenvalue weighted by molar-refractivity contribution is 9.11. The van der Waals surface area contributed by atoms with Crippen LogP contribution in [0.1, 0.15) is 11.1 Å². The molecular weight excluding hydrogens is 575 g/mol. The molecule has 0 atom stereocenters. The summed E-state index contributed by atoms with van der Waals surface area (Å²) >= 11 is 5.37. The van der Waals surface area contributed by atoms with Gasteiger partial charge in [-0.1, -0.05) is 71.2 Å². The molecule has 0 aliphatic carbocycles. The van der Waals surface area contributed by atoms with Crippen LogP contribution in [0.15, 0.2) is 76.6 Å². The van der Waals surface area contributed by atoms with Gasteiger partial charge in [0.2, 0.25) is 0 Å². The van der Waals surface area contributed by atoms with Crippen molar-refractivity contribution in [3.05, 3.63) is 108 Å². The topological polar surface area (TPSA) is 167 Å². The number of hydrogen-bond donors (Lipinski definition) is 4. The molecule has 36 heavy (non-hydrogen) atoms. The molecule has 14 heteroatoms. The Labute approximate surface area is 222 Å². The van der Waals surface area contributed by atoms with E-state index in [2.05, 4.69) is 15.9 Å². The molecule has 0 bridgehead atoms. The van der Waals surface area contributed by atoms with Gasteiger partial charge < -0.3 is 20.3 Å². The summed E-state index contributed by atoms with van der Waals surface area (Å²) < 4.78 is 0.786. The van der Waals surface area contributed by atoms with Crippen molar-refractivity contribution in [1.29, 1.82) is 0 Å². The highest BCUT2D eigenvalue weighted by atomic mass is 79.9. The number of halogens is 1. The number of thiophene rings is 2. The second-order valence-electron chi connectivity index (χ2n) is 6.86. The number of benzene rings is 2. The van der Waals surface area contributed by atoms with Gasteiger partial charge in [0.05, 0.1) is 26.8 Å². The predicted octanol–water partition coefficient (Wildman–Crippen LogP) is 4.09. The SMILES string of the molecule is O=[N+]([O-])c1ccc(-c2ccc(CO)cc2)s1.O=[N+]([O-])c1ccc(Br)s1.OCc1ccc(B(O)O)cc1. The van der Waals surface area contributed by atoms with E-state index in [0.29, 0.717) is 5.46 Å². The van der Waals surface area contributed by atoms with Crippen molar-refractivity contribution < 1.29 is 30.1 Å². The Hall–Kier alpha value is -2.98. The van der Waals surface area contributed by atoms with Gasteiger partial charge in [0, 0.05) is 17.0 Å². The van der Waals surface area contributed by atoms with Crippen LogP contribution < -0.4 is 5.46 Å². The lowest BCUT2D eigenvalue weighted by Gasteiger charge is -1.99. The quantitative estimate of drug-likeness (QED) is 0.147. The maximum Gasteiger partial charge on any atom is 0.488 e. The average Bonchev–Trinajstić information content (AvgIpc) is 3.55. The van der Waals surface area contributed by atoms with E-state index in [4.69, 9.17) is 20.3 Å². The van der Waals surface area contributed by atoms with Gasteiger partial charge in [0.15, 0.2) is 0 Å². The van der Waals surface area contributed by atoms with E-state index in [9.17, 15) is 20.2 Å². The fraction of sp³-hybridized carbons (Fsp3) is 0.0909. The molecule has 0 unspecified atom stereocenters. The van der Waals surface area contributed by atoms with Crippen LogP contribution >= 0.6 is 38.6 Å². The molecule has 2 aromatic carbocycles. The van der Waals surface area contributed by atoms with E-state index in [1.54, 1.807) is 48.5 Å². The van der Waals surface area contributed by atoms with E-state index in [1.165, 1.54) is 12.1 Å². The zero-order valence-corrected chi connectivity index (χ0v) is 21.6. The largest absolute Gasteiger partial charge is 0.488 e. The highest BCUT2D eigenvalue weighted by Gasteiger charge is 2.11. The van der Waals surface area contributed by atoms with Crippen LogP contribution in [0.5, 0.6) is 0 Å². The third-order valence-electron chi connectivity index (χ3n) is 4.39. The fourth-order valence-electron chi connectivity index (χ4n) is 2.55. The molecule has 4 N–H and O–H groups in total. The summed E-state index contributed by atoms with van der Waals surface area (Å²) in [6.07, 6.45) is 0. The monoisotopic (exact) mass is 594 g/mol. The molecule has 0 spiro atoms. The molecule has 2 aromatic heterocycles. The van der Waals surface area contributed by atoms with Crippen LogP contribution in [0.3, 0.4) is 0 Å². The van der Waals surface area contributed by atoms with Gasteiger partial charge in [-0.25, -0.2) is 0 Å². The highest BCUT2D eigenvalue weighted by Crippen LogP contribution is 2.32. The summed E-state index contributed by atoms with van der Waals surface area (Å²) in [4.78, 5) is 20.6. The first-order valence-electron chi connectivity index (χ1n) is 10.0. The number of nitrogens with zero attached hydrogens (tertiary/aromatic N) is 2. The Kier molecular flexibility index (Phi) is 11.8. The maximum absolute atomic E-state index is 10.5. The van der Waals surface area contributed by atoms with E-state index in [-0.39, 0.29) is 23.2 Å². The zero-order valence-electron chi connectivity index (χ0n) is 18.4. The Morgan fingerprint density at radius 3 is 1.56 bits per heavy atom. The first-order chi connectivity index (χ1) is 17.1. The Morgan fingerprint density at radius 1 is 0.722 bits per heavy atom. The lowest BCUT2D eigenvalue weighted by molar-refractivity contribution is -0.380. The Bertz CT molecular complexity index is 1260. The van der Waals surface area contributed by atoms with Crippen LogP contribution in [0.25, 0.3) is 10.4 Å². The lowest BCUT2D eigenvalue weighted by atomic mass is 9.80. The molecule has 0 fully saturated rings. The Morgan fingerprint density at radius 2 is 1.19 bits per heavy atom. The van der Waals surface area contributed by atoms with Crippen molar-refractivity contribution in [1.82, 2.24) is 0 Å². The van der Waals surface area contributed by atoms with Crippen LogP contribution in [-0.2, 0) is 13.2 Å². The summed E-state index contributed by atoms with van der Waals surface area (Å²) in [7, 11) is -1.43.